The van der Waals surface area contributed by atoms with Gasteiger partial charge in [0.2, 0.25) is 0 Å². The number of carbonyl (C=O) groups excluding carboxylic acids is 1. The van der Waals surface area contributed by atoms with Crippen molar-refractivity contribution < 1.29 is 18.3 Å². The van der Waals surface area contributed by atoms with Crippen LogP contribution in [0.5, 0.6) is 0 Å². The molecule has 110 valence electrons. The smallest absolute Gasteiger partial charge is 0.263 e. The lowest BCUT2D eigenvalue weighted by molar-refractivity contribution is -0.255. The Labute approximate surface area is 134 Å². The second kappa shape index (κ2) is 6.05. The lowest BCUT2D eigenvalue weighted by Crippen LogP contribution is -2.23. The maximum Gasteiger partial charge on any atom is 0.263 e. The van der Waals surface area contributed by atoms with E-state index in [1.165, 1.54) is 12.1 Å². The highest BCUT2D eigenvalue weighted by Gasteiger charge is 2.19. The number of hydrogen-bond donors (Lipinski definition) is 1. The highest BCUT2D eigenvalue weighted by atomic mass is 79.9. The molecule has 0 amide bonds. The number of halogens is 2. The first kappa shape index (κ1) is 15.8. The van der Waals surface area contributed by atoms with E-state index in [4.69, 9.17) is 11.6 Å². The van der Waals surface area contributed by atoms with Gasteiger partial charge in [0.1, 0.15) is 4.90 Å². The van der Waals surface area contributed by atoms with Crippen LogP contribution < -0.4 is 9.83 Å². The first-order chi connectivity index (χ1) is 9.79. The van der Waals surface area contributed by atoms with E-state index in [1.807, 2.05) is 0 Å². The number of carboxylic acids is 1. The zero-order valence-corrected chi connectivity index (χ0v) is 13.5. The van der Waals surface area contributed by atoms with Crippen LogP contribution in [0.1, 0.15) is 10.4 Å². The molecule has 0 saturated carbocycles. The van der Waals surface area contributed by atoms with Gasteiger partial charge in [-0.15, -0.1) is 0 Å². The van der Waals surface area contributed by atoms with E-state index >= 15 is 0 Å². The van der Waals surface area contributed by atoms with Crippen LogP contribution in [0, 0.1) is 0 Å². The zero-order chi connectivity index (χ0) is 15.6. The summed E-state index contributed by atoms with van der Waals surface area (Å²) in [4.78, 5) is 10.5. The lowest BCUT2D eigenvalue weighted by atomic mass is 10.2. The van der Waals surface area contributed by atoms with Crippen LogP contribution in [0.25, 0.3) is 0 Å². The number of nitrogens with one attached hydrogen (secondary N) is 1. The fourth-order valence-electron chi connectivity index (χ4n) is 1.56. The summed E-state index contributed by atoms with van der Waals surface area (Å²) in [7, 11) is -4.00. The van der Waals surface area contributed by atoms with Crippen LogP contribution in [-0.2, 0) is 10.0 Å². The van der Waals surface area contributed by atoms with Crippen LogP contribution in [0.4, 0.5) is 5.69 Å². The van der Waals surface area contributed by atoms with Crippen molar-refractivity contribution in [2.24, 2.45) is 0 Å². The van der Waals surface area contributed by atoms with Gasteiger partial charge in [-0.1, -0.05) is 33.6 Å². The average molecular weight is 390 g/mol. The van der Waals surface area contributed by atoms with Gasteiger partial charge in [-0.25, -0.2) is 8.42 Å². The summed E-state index contributed by atoms with van der Waals surface area (Å²) in [6.07, 6.45) is 0. The minimum atomic E-state index is -4.00. The van der Waals surface area contributed by atoms with Gasteiger partial charge in [0.15, 0.2) is 0 Å². The van der Waals surface area contributed by atoms with Gasteiger partial charge in [-0.05, 0) is 42.0 Å². The molecular formula is C13H8BrClNO4S-. The Morgan fingerprint density at radius 2 is 1.76 bits per heavy atom. The predicted molar refractivity (Wildman–Crippen MR) is 80.7 cm³/mol. The van der Waals surface area contributed by atoms with Crippen LogP contribution in [0.2, 0.25) is 5.02 Å². The second-order valence-electron chi connectivity index (χ2n) is 4.05. The molecule has 0 radical (unpaired) electrons. The van der Waals surface area contributed by atoms with E-state index in [9.17, 15) is 18.3 Å². The third-order valence-electron chi connectivity index (χ3n) is 2.55. The molecule has 5 nitrogen and oxygen atoms in total. The molecule has 2 rings (SSSR count). The number of hydrogen-bond acceptors (Lipinski definition) is 4. The van der Waals surface area contributed by atoms with Crippen LogP contribution >= 0.6 is 27.5 Å². The summed E-state index contributed by atoms with van der Waals surface area (Å²) in [5.74, 6) is -1.48. The molecule has 2 aromatic carbocycles. The quantitative estimate of drug-likeness (QED) is 0.869. The first-order valence-corrected chi connectivity index (χ1v) is 8.24. The molecule has 1 N–H and O–H groups in total. The van der Waals surface area contributed by atoms with Gasteiger partial charge in [0.05, 0.1) is 11.0 Å². The zero-order valence-electron chi connectivity index (χ0n) is 10.3. The molecule has 0 spiro atoms. The summed E-state index contributed by atoms with van der Waals surface area (Å²) < 4.78 is 27.6. The van der Waals surface area contributed by atoms with E-state index in [-0.39, 0.29) is 15.5 Å². The molecule has 21 heavy (non-hydrogen) atoms. The second-order valence-corrected chi connectivity index (χ2v) is 7.02. The molecular weight excluding hydrogens is 382 g/mol. The Hall–Kier alpha value is -1.57. The molecule has 0 heterocycles. The van der Waals surface area contributed by atoms with Crippen molar-refractivity contribution in [3.05, 3.63) is 57.5 Å². The van der Waals surface area contributed by atoms with Crippen LogP contribution in [0.3, 0.4) is 0 Å². The standard InChI is InChI=1S/C13H9BrClNO4S/c14-9-2-4-10(5-3-9)16-21(19,20)12-7-8(13(17)18)1-6-11(12)15/h1-7,16H,(H,17,18)/p-1. The molecule has 0 unspecified atom stereocenters. The maximum absolute atomic E-state index is 12.3. The summed E-state index contributed by atoms with van der Waals surface area (Å²) >= 11 is 9.07. The monoisotopic (exact) mass is 388 g/mol. The normalized spacial score (nSPS) is 11.1. The maximum atomic E-state index is 12.3. The third-order valence-corrected chi connectivity index (χ3v) is 4.94. The van der Waals surface area contributed by atoms with Gasteiger partial charge >= 0.3 is 0 Å². The largest absolute Gasteiger partial charge is 0.545 e. The van der Waals surface area contributed by atoms with Gasteiger partial charge < -0.3 is 9.90 Å². The summed E-state index contributed by atoms with van der Waals surface area (Å²) in [5.41, 5.74) is 0.0590. The highest BCUT2D eigenvalue weighted by molar-refractivity contribution is 9.10. The van der Waals surface area contributed by atoms with E-state index in [0.29, 0.717) is 5.69 Å². The van der Waals surface area contributed by atoms with Gasteiger partial charge in [-0.3, -0.25) is 4.72 Å². The number of carboxylic acid groups (broad SMARTS) is 1. The topological polar surface area (TPSA) is 86.3 Å². The number of carbonyl (C=O) groups is 1. The highest BCUT2D eigenvalue weighted by Crippen LogP contribution is 2.25. The van der Waals surface area contributed by atoms with Crippen molar-refractivity contribution in [1.29, 1.82) is 0 Å². The molecule has 0 saturated heterocycles. The van der Waals surface area contributed by atoms with Crippen molar-refractivity contribution in [2.45, 2.75) is 4.90 Å². The Balaban J connectivity index is 2.41. The van der Waals surface area contributed by atoms with Crippen LogP contribution in [-0.4, -0.2) is 14.4 Å². The van der Waals surface area contributed by atoms with E-state index in [0.717, 1.165) is 10.5 Å². The van der Waals surface area contributed by atoms with Crippen molar-refractivity contribution in [3.8, 4) is 0 Å². The van der Waals surface area contributed by atoms with E-state index in [1.54, 1.807) is 24.3 Å². The van der Waals surface area contributed by atoms with Gasteiger partial charge in [0, 0.05) is 10.2 Å². The molecule has 0 fully saturated rings. The first-order valence-electron chi connectivity index (χ1n) is 5.59. The molecule has 2 aromatic rings. The van der Waals surface area contributed by atoms with Crippen molar-refractivity contribution >= 4 is 49.2 Å². The number of rotatable bonds is 4. The molecule has 8 heteroatoms. The minimum absolute atomic E-state index is 0.0791. The SMILES string of the molecule is O=C([O-])c1ccc(Cl)c(S(=O)(=O)Nc2ccc(Br)cc2)c1. The Bertz CT molecular complexity index is 790. The summed E-state index contributed by atoms with van der Waals surface area (Å²) in [5, 5.41) is 10.7. The average Bonchev–Trinajstić information content (AvgIpc) is 2.41. The Kier molecular flexibility index (Phi) is 4.55. The third kappa shape index (κ3) is 3.75. The van der Waals surface area contributed by atoms with Crippen molar-refractivity contribution in [2.75, 3.05) is 4.72 Å². The van der Waals surface area contributed by atoms with Crippen molar-refractivity contribution in [3.63, 3.8) is 0 Å². The molecule has 0 aromatic heterocycles. The summed E-state index contributed by atoms with van der Waals surface area (Å²) in [6, 6.07) is 9.77. The van der Waals surface area contributed by atoms with E-state index in [2.05, 4.69) is 20.7 Å². The van der Waals surface area contributed by atoms with Gasteiger partial charge in [0.25, 0.3) is 10.0 Å². The molecule has 0 atom stereocenters. The number of anilines is 1. The fourth-order valence-corrected chi connectivity index (χ4v) is 3.41. The molecule has 0 aliphatic heterocycles. The number of aromatic carboxylic acids is 1. The lowest BCUT2D eigenvalue weighted by Gasteiger charge is -2.11. The van der Waals surface area contributed by atoms with E-state index < -0.39 is 16.0 Å². The predicted octanol–water partition coefficient (Wildman–Crippen LogP) is 2.27. The van der Waals surface area contributed by atoms with Crippen molar-refractivity contribution in [1.82, 2.24) is 0 Å². The molecule has 0 aliphatic carbocycles. The van der Waals surface area contributed by atoms with Crippen LogP contribution in [0.15, 0.2) is 51.8 Å². The van der Waals surface area contributed by atoms with Gasteiger partial charge in [-0.2, -0.15) is 0 Å². The molecule has 0 aliphatic rings. The number of sulfonamides is 1. The molecule has 0 bridgehead atoms. The Morgan fingerprint density at radius 1 is 1.14 bits per heavy atom. The number of benzene rings is 2. The fraction of sp³-hybridized carbons (Fsp3) is 0. The minimum Gasteiger partial charge on any atom is -0.545 e. The summed E-state index contributed by atoms with van der Waals surface area (Å²) in [6.45, 7) is 0. The Morgan fingerprint density at radius 3 is 2.33 bits per heavy atom.